The van der Waals surface area contributed by atoms with Crippen molar-refractivity contribution in [1.82, 2.24) is 10.9 Å². The molecule has 3 rings (SSSR count). The lowest BCUT2D eigenvalue weighted by Gasteiger charge is -2.22. The van der Waals surface area contributed by atoms with Crippen LogP contribution in [0.4, 0.5) is 0 Å². The molecule has 2 N–H and O–H groups in total. The molecule has 24 heavy (non-hydrogen) atoms. The summed E-state index contributed by atoms with van der Waals surface area (Å²) >= 11 is 0. The highest BCUT2D eigenvalue weighted by atomic mass is 79.9. The highest BCUT2D eigenvalue weighted by Gasteiger charge is 2.15. The first kappa shape index (κ1) is 18.6. The van der Waals surface area contributed by atoms with Gasteiger partial charge in [-0.3, -0.25) is 10.2 Å². The molecule has 0 bridgehead atoms. The minimum atomic E-state index is -0.100. The number of carbonyl (C=O) groups excluding carboxylic acids is 1. The number of hydrogen-bond donors (Lipinski definition) is 2. The molecular weight excluding hydrogens is 366 g/mol. The van der Waals surface area contributed by atoms with Crippen molar-refractivity contribution in [2.75, 3.05) is 0 Å². The minimum Gasteiger partial charge on any atom is -1.00 e. The lowest BCUT2D eigenvalue weighted by atomic mass is 9.84. The molecule has 0 spiro atoms. The molecule has 4 nitrogen and oxygen atoms in total. The number of nitrogens with zero attached hydrogens (tertiary/aromatic N) is 1. The van der Waals surface area contributed by atoms with Crippen molar-refractivity contribution < 1.29 is 26.3 Å². The van der Waals surface area contributed by atoms with E-state index in [0.717, 1.165) is 0 Å². The molecule has 0 atom stereocenters. The third-order valence-corrected chi connectivity index (χ3v) is 4.49. The summed E-state index contributed by atoms with van der Waals surface area (Å²) in [5.74, 6) is 0.574. The molecule has 1 heterocycles. The van der Waals surface area contributed by atoms with Crippen LogP contribution in [0.25, 0.3) is 0 Å². The van der Waals surface area contributed by atoms with Gasteiger partial charge < -0.3 is 17.0 Å². The highest BCUT2D eigenvalue weighted by Crippen LogP contribution is 2.32. The summed E-state index contributed by atoms with van der Waals surface area (Å²) in [4.78, 5) is 12.1. The summed E-state index contributed by atoms with van der Waals surface area (Å²) in [5, 5.41) is 0. The molecule has 0 aliphatic heterocycles. The summed E-state index contributed by atoms with van der Waals surface area (Å²) in [6.07, 6.45) is 10.5. The zero-order valence-electron chi connectivity index (χ0n) is 13.7. The van der Waals surface area contributed by atoms with E-state index in [1.54, 1.807) is 0 Å². The van der Waals surface area contributed by atoms with Crippen LogP contribution in [0.15, 0.2) is 54.9 Å². The second kappa shape index (κ2) is 9.55. The fourth-order valence-electron chi connectivity index (χ4n) is 3.17. The summed E-state index contributed by atoms with van der Waals surface area (Å²) in [6, 6.07) is 13.9. The average Bonchev–Trinajstić information content (AvgIpc) is 2.63. The Hall–Kier alpha value is -1.72. The van der Waals surface area contributed by atoms with Crippen LogP contribution in [0, 0.1) is 0 Å². The van der Waals surface area contributed by atoms with E-state index in [9.17, 15) is 4.79 Å². The van der Waals surface area contributed by atoms with Gasteiger partial charge in [-0.1, -0.05) is 37.5 Å². The van der Waals surface area contributed by atoms with Crippen LogP contribution in [0.5, 0.6) is 0 Å². The largest absolute Gasteiger partial charge is 1.00 e. The molecule has 0 unspecified atom stereocenters. The zero-order chi connectivity index (χ0) is 15.9. The van der Waals surface area contributed by atoms with Gasteiger partial charge in [0.15, 0.2) is 12.4 Å². The van der Waals surface area contributed by atoms with Crippen LogP contribution in [0.1, 0.15) is 53.9 Å². The summed E-state index contributed by atoms with van der Waals surface area (Å²) in [6.45, 7) is 0.534. The fraction of sp³-hybridized carbons (Fsp3) is 0.368. The first-order valence-corrected chi connectivity index (χ1v) is 8.40. The van der Waals surface area contributed by atoms with Gasteiger partial charge in [0.05, 0.1) is 0 Å². The zero-order valence-corrected chi connectivity index (χ0v) is 15.3. The highest BCUT2D eigenvalue weighted by molar-refractivity contribution is 5.93. The van der Waals surface area contributed by atoms with Gasteiger partial charge in [0, 0.05) is 17.7 Å². The van der Waals surface area contributed by atoms with Gasteiger partial charge in [0.25, 0.3) is 5.91 Å². The lowest BCUT2D eigenvalue weighted by Crippen LogP contribution is -3.00. The van der Waals surface area contributed by atoms with Crippen LogP contribution in [-0.4, -0.2) is 5.91 Å². The number of pyridine rings is 1. The summed E-state index contributed by atoms with van der Waals surface area (Å²) in [7, 11) is 0. The quantitative estimate of drug-likeness (QED) is 0.554. The summed E-state index contributed by atoms with van der Waals surface area (Å²) in [5.41, 5.74) is 7.74. The van der Waals surface area contributed by atoms with Gasteiger partial charge in [0.2, 0.25) is 6.67 Å². The third-order valence-electron chi connectivity index (χ3n) is 4.49. The molecule has 1 aliphatic rings. The Labute approximate surface area is 154 Å². The van der Waals surface area contributed by atoms with E-state index >= 15 is 0 Å². The Morgan fingerprint density at radius 3 is 2.33 bits per heavy atom. The topological polar surface area (TPSA) is 45.0 Å². The van der Waals surface area contributed by atoms with Crippen LogP contribution in [0.2, 0.25) is 0 Å². The molecule has 1 fully saturated rings. The number of hydrogen-bond acceptors (Lipinski definition) is 2. The molecule has 5 heteroatoms. The smallest absolute Gasteiger partial charge is 0.265 e. The van der Waals surface area contributed by atoms with E-state index in [0.29, 0.717) is 18.2 Å². The van der Waals surface area contributed by atoms with Crippen molar-refractivity contribution in [1.29, 1.82) is 0 Å². The number of nitrogens with one attached hydrogen (secondary N) is 2. The third kappa shape index (κ3) is 5.14. The molecule has 1 saturated carbocycles. The Kier molecular flexibility index (Phi) is 7.40. The number of amides is 1. The molecule has 1 aromatic heterocycles. The van der Waals surface area contributed by atoms with E-state index in [-0.39, 0.29) is 22.9 Å². The number of aromatic nitrogens is 1. The Bertz CT molecular complexity index is 625. The predicted molar refractivity (Wildman–Crippen MR) is 89.5 cm³/mol. The SMILES string of the molecule is O=C(NNC[n+]1ccccc1)c1ccc(C2CCCCC2)cc1.[Br-]. The number of halogens is 1. The second-order valence-corrected chi connectivity index (χ2v) is 6.14. The van der Waals surface area contributed by atoms with Gasteiger partial charge in [0.1, 0.15) is 0 Å². The molecule has 0 radical (unpaired) electrons. The molecule has 128 valence electrons. The van der Waals surface area contributed by atoms with Gasteiger partial charge in [-0.15, -0.1) is 0 Å². The lowest BCUT2D eigenvalue weighted by molar-refractivity contribution is -0.702. The van der Waals surface area contributed by atoms with Gasteiger partial charge in [-0.05, 0) is 36.5 Å². The van der Waals surface area contributed by atoms with Gasteiger partial charge in [-0.25, -0.2) is 0 Å². The normalized spacial score (nSPS) is 14.7. The molecule has 0 saturated heterocycles. The Balaban J connectivity index is 0.00000208. The van der Waals surface area contributed by atoms with Crippen molar-refractivity contribution in [3.63, 3.8) is 0 Å². The maximum atomic E-state index is 12.1. The van der Waals surface area contributed by atoms with Crippen LogP contribution in [-0.2, 0) is 6.67 Å². The van der Waals surface area contributed by atoms with Crippen LogP contribution >= 0.6 is 0 Å². The molecule has 2 aromatic rings. The second-order valence-electron chi connectivity index (χ2n) is 6.14. The van der Waals surface area contributed by atoms with E-state index in [1.165, 1.54) is 37.7 Å². The van der Waals surface area contributed by atoms with E-state index in [2.05, 4.69) is 23.0 Å². The Morgan fingerprint density at radius 2 is 1.67 bits per heavy atom. The van der Waals surface area contributed by atoms with Crippen LogP contribution < -0.4 is 32.4 Å². The van der Waals surface area contributed by atoms with Crippen molar-refractivity contribution >= 4 is 5.91 Å². The number of rotatable bonds is 5. The summed E-state index contributed by atoms with van der Waals surface area (Å²) < 4.78 is 1.95. The van der Waals surface area contributed by atoms with Crippen molar-refractivity contribution in [2.45, 2.75) is 44.7 Å². The van der Waals surface area contributed by atoms with Crippen molar-refractivity contribution in [3.8, 4) is 0 Å². The van der Waals surface area contributed by atoms with Gasteiger partial charge >= 0.3 is 0 Å². The first-order chi connectivity index (χ1) is 11.3. The van der Waals surface area contributed by atoms with E-state index < -0.39 is 0 Å². The van der Waals surface area contributed by atoms with E-state index in [4.69, 9.17) is 0 Å². The number of hydrazine groups is 1. The Morgan fingerprint density at radius 1 is 1.00 bits per heavy atom. The molecule has 1 amide bonds. The average molecular weight is 390 g/mol. The van der Waals surface area contributed by atoms with Crippen LogP contribution in [0.3, 0.4) is 0 Å². The number of benzene rings is 1. The maximum absolute atomic E-state index is 12.1. The monoisotopic (exact) mass is 389 g/mol. The molecular formula is C19H24BrN3O. The standard InChI is InChI=1S/C19H23N3O.BrH/c23-19(21-20-15-22-13-5-2-6-14-22)18-11-9-17(10-12-18)16-7-3-1-4-8-16;/h2,5-6,9-14,16,20H,1,3-4,7-8,15H2;1H. The van der Waals surface area contributed by atoms with E-state index in [1.807, 2.05) is 47.3 Å². The van der Waals surface area contributed by atoms with Crippen molar-refractivity contribution in [2.24, 2.45) is 0 Å². The minimum absolute atomic E-state index is 0. The number of carbonyl (C=O) groups is 1. The maximum Gasteiger partial charge on any atom is 0.265 e. The van der Waals surface area contributed by atoms with Gasteiger partial charge in [-0.2, -0.15) is 9.99 Å². The fourth-order valence-corrected chi connectivity index (χ4v) is 3.17. The van der Waals surface area contributed by atoms with Crippen molar-refractivity contribution in [3.05, 3.63) is 66.0 Å². The molecule has 1 aromatic carbocycles. The predicted octanol–water partition coefficient (Wildman–Crippen LogP) is -0.0821. The first-order valence-electron chi connectivity index (χ1n) is 8.40. The molecule has 1 aliphatic carbocycles.